The van der Waals surface area contributed by atoms with Gasteiger partial charge in [-0.05, 0) is 37.5 Å². The number of hydrogen-bond donors (Lipinski definition) is 1. The van der Waals surface area contributed by atoms with E-state index in [0.29, 0.717) is 18.4 Å². The zero-order valence-corrected chi connectivity index (χ0v) is 14.0. The molecule has 0 heterocycles. The quantitative estimate of drug-likeness (QED) is 0.826. The van der Waals surface area contributed by atoms with E-state index in [1.807, 2.05) is 0 Å². The summed E-state index contributed by atoms with van der Waals surface area (Å²) in [4.78, 5) is -0.00114. The van der Waals surface area contributed by atoms with Crippen LogP contribution in [-0.2, 0) is 19.1 Å². The average Bonchev–Trinajstić information content (AvgIpc) is 2.92. The summed E-state index contributed by atoms with van der Waals surface area (Å²) in [5.74, 6) is 0. The fourth-order valence-electron chi connectivity index (χ4n) is 2.53. The average molecular weight is 352 g/mol. The second-order valence-corrected chi connectivity index (χ2v) is 9.86. The Bertz CT molecular complexity index is 692. The summed E-state index contributed by atoms with van der Waals surface area (Å²) < 4.78 is 49.4. The predicted octanol–water partition coefficient (Wildman–Crippen LogP) is 2.54. The largest absolute Gasteiger partial charge is 0.261 e. The molecule has 0 radical (unpaired) electrons. The number of sulfonamides is 1. The first-order chi connectivity index (χ1) is 9.70. The highest BCUT2D eigenvalue weighted by atomic mass is 35.7. The van der Waals surface area contributed by atoms with Crippen molar-refractivity contribution in [3.8, 4) is 0 Å². The minimum Gasteiger partial charge on any atom is -0.212 e. The van der Waals surface area contributed by atoms with Gasteiger partial charge in [0, 0.05) is 16.7 Å². The second kappa shape index (κ2) is 6.24. The molecule has 0 aromatic heterocycles. The molecule has 1 N–H and O–H groups in total. The molecule has 5 nitrogen and oxygen atoms in total. The zero-order valence-electron chi connectivity index (χ0n) is 11.6. The van der Waals surface area contributed by atoms with Crippen molar-refractivity contribution < 1.29 is 16.8 Å². The molecule has 1 aromatic carbocycles. The van der Waals surface area contributed by atoms with Gasteiger partial charge in [-0.3, -0.25) is 0 Å². The molecule has 1 atom stereocenters. The van der Waals surface area contributed by atoms with Crippen LogP contribution < -0.4 is 4.72 Å². The fraction of sp³-hybridized carbons (Fsp3) is 0.538. The highest BCUT2D eigenvalue weighted by molar-refractivity contribution is 8.13. The Labute approximate surface area is 130 Å². The Morgan fingerprint density at radius 3 is 2.10 bits per heavy atom. The van der Waals surface area contributed by atoms with E-state index < -0.39 is 25.1 Å². The van der Waals surface area contributed by atoms with E-state index in [0.717, 1.165) is 12.8 Å². The van der Waals surface area contributed by atoms with Crippen molar-refractivity contribution in [1.82, 2.24) is 4.72 Å². The van der Waals surface area contributed by atoms with Crippen molar-refractivity contribution >= 4 is 29.8 Å². The van der Waals surface area contributed by atoms with E-state index in [9.17, 15) is 16.8 Å². The van der Waals surface area contributed by atoms with Gasteiger partial charge in [-0.1, -0.05) is 25.0 Å². The standard InChI is InChI=1S/C13H18ClNO4S2/c1-10(15-21(18,19)13-4-2-3-5-13)11-6-8-12(9-7-11)20(14,16)17/h6-10,13,15H,2-5H2,1H3. The van der Waals surface area contributed by atoms with Crippen LogP contribution in [0.15, 0.2) is 29.2 Å². The van der Waals surface area contributed by atoms with Gasteiger partial charge in [0.25, 0.3) is 9.05 Å². The summed E-state index contributed by atoms with van der Waals surface area (Å²) in [7, 11) is -1.86. The molecule has 0 spiro atoms. The molecular weight excluding hydrogens is 334 g/mol. The molecular formula is C13H18ClNO4S2. The topological polar surface area (TPSA) is 80.3 Å². The lowest BCUT2D eigenvalue weighted by molar-refractivity contribution is 0.550. The van der Waals surface area contributed by atoms with Crippen LogP contribution in [0.3, 0.4) is 0 Å². The van der Waals surface area contributed by atoms with E-state index in [4.69, 9.17) is 10.7 Å². The number of nitrogens with one attached hydrogen (secondary N) is 1. The van der Waals surface area contributed by atoms with Crippen molar-refractivity contribution in [3.05, 3.63) is 29.8 Å². The molecule has 0 amide bonds. The Morgan fingerprint density at radius 2 is 1.62 bits per heavy atom. The van der Waals surface area contributed by atoms with Gasteiger partial charge in [0.2, 0.25) is 10.0 Å². The maximum atomic E-state index is 12.2. The van der Waals surface area contributed by atoms with Crippen LogP contribution in [0, 0.1) is 0 Å². The van der Waals surface area contributed by atoms with Crippen molar-refractivity contribution in [3.63, 3.8) is 0 Å². The summed E-state index contributed by atoms with van der Waals surface area (Å²) in [6.45, 7) is 1.73. The lowest BCUT2D eigenvalue weighted by Crippen LogP contribution is -2.34. The first kappa shape index (κ1) is 16.7. The second-order valence-electron chi connectivity index (χ2n) is 5.30. The lowest BCUT2D eigenvalue weighted by atomic mass is 10.1. The minimum absolute atomic E-state index is 0.00114. The van der Waals surface area contributed by atoms with Gasteiger partial charge in [0.15, 0.2) is 0 Å². The van der Waals surface area contributed by atoms with Crippen LogP contribution in [0.5, 0.6) is 0 Å². The molecule has 21 heavy (non-hydrogen) atoms. The van der Waals surface area contributed by atoms with Gasteiger partial charge in [0.1, 0.15) is 0 Å². The number of benzene rings is 1. The highest BCUT2D eigenvalue weighted by Crippen LogP contribution is 2.26. The fourth-order valence-corrected chi connectivity index (χ4v) is 5.07. The molecule has 0 bridgehead atoms. The molecule has 1 unspecified atom stereocenters. The Kier molecular flexibility index (Phi) is 4.97. The van der Waals surface area contributed by atoms with E-state index >= 15 is 0 Å². The number of hydrogen-bond acceptors (Lipinski definition) is 4. The molecule has 2 rings (SSSR count). The van der Waals surface area contributed by atoms with Crippen molar-refractivity contribution in [2.75, 3.05) is 0 Å². The number of rotatable bonds is 5. The molecule has 0 aliphatic heterocycles. The monoisotopic (exact) mass is 351 g/mol. The van der Waals surface area contributed by atoms with E-state index in [2.05, 4.69) is 4.72 Å². The predicted molar refractivity (Wildman–Crippen MR) is 82.2 cm³/mol. The minimum atomic E-state index is -3.76. The Hall–Kier alpha value is -0.630. The molecule has 118 valence electrons. The maximum Gasteiger partial charge on any atom is 0.261 e. The molecule has 1 aliphatic carbocycles. The SMILES string of the molecule is CC(NS(=O)(=O)C1CCCC1)c1ccc(S(=O)(=O)Cl)cc1. The molecule has 1 saturated carbocycles. The van der Waals surface area contributed by atoms with Gasteiger partial charge in [0.05, 0.1) is 10.1 Å². The van der Waals surface area contributed by atoms with Crippen LogP contribution in [-0.4, -0.2) is 22.1 Å². The van der Waals surface area contributed by atoms with Crippen molar-refractivity contribution in [2.24, 2.45) is 0 Å². The smallest absolute Gasteiger partial charge is 0.212 e. The van der Waals surface area contributed by atoms with Gasteiger partial charge < -0.3 is 0 Å². The Morgan fingerprint density at radius 1 is 1.10 bits per heavy atom. The summed E-state index contributed by atoms with van der Waals surface area (Å²) in [5.41, 5.74) is 0.695. The Balaban J connectivity index is 2.11. The third kappa shape index (κ3) is 4.18. The zero-order chi connectivity index (χ0) is 15.7. The summed E-state index contributed by atoms with van der Waals surface area (Å²) in [6, 6.07) is 5.47. The molecule has 1 fully saturated rings. The highest BCUT2D eigenvalue weighted by Gasteiger charge is 2.29. The molecule has 0 saturated heterocycles. The van der Waals surface area contributed by atoms with Crippen LogP contribution in [0.2, 0.25) is 0 Å². The summed E-state index contributed by atoms with van der Waals surface area (Å²) >= 11 is 0. The van der Waals surface area contributed by atoms with Gasteiger partial charge in [-0.25, -0.2) is 21.6 Å². The molecule has 1 aromatic rings. The van der Waals surface area contributed by atoms with Crippen LogP contribution >= 0.6 is 10.7 Å². The van der Waals surface area contributed by atoms with Crippen molar-refractivity contribution in [1.29, 1.82) is 0 Å². The summed E-state index contributed by atoms with van der Waals surface area (Å²) in [5, 5.41) is -0.317. The summed E-state index contributed by atoms with van der Waals surface area (Å²) in [6.07, 6.45) is 3.29. The van der Waals surface area contributed by atoms with Gasteiger partial charge in [-0.2, -0.15) is 0 Å². The third-order valence-electron chi connectivity index (χ3n) is 3.74. The van der Waals surface area contributed by atoms with E-state index in [1.54, 1.807) is 19.1 Å². The molecule has 1 aliphatic rings. The van der Waals surface area contributed by atoms with Crippen LogP contribution in [0.4, 0.5) is 0 Å². The first-order valence-electron chi connectivity index (χ1n) is 6.76. The van der Waals surface area contributed by atoms with E-state index in [-0.39, 0.29) is 10.1 Å². The van der Waals surface area contributed by atoms with Gasteiger partial charge >= 0.3 is 0 Å². The van der Waals surface area contributed by atoms with Crippen LogP contribution in [0.25, 0.3) is 0 Å². The van der Waals surface area contributed by atoms with E-state index in [1.165, 1.54) is 12.1 Å². The van der Waals surface area contributed by atoms with Crippen LogP contribution in [0.1, 0.15) is 44.2 Å². The lowest BCUT2D eigenvalue weighted by Gasteiger charge is -2.18. The normalized spacial score (nSPS) is 18.8. The molecule has 8 heteroatoms. The van der Waals surface area contributed by atoms with Gasteiger partial charge in [-0.15, -0.1) is 0 Å². The third-order valence-corrected chi connectivity index (χ3v) is 7.14. The first-order valence-corrected chi connectivity index (χ1v) is 10.6. The maximum absolute atomic E-state index is 12.2. The van der Waals surface area contributed by atoms with Crippen molar-refractivity contribution in [2.45, 2.75) is 48.8 Å². The number of halogens is 1.